The smallest absolute Gasteiger partial charge is 0.222 e. The second-order valence-electron chi connectivity index (χ2n) is 5.55. The van der Waals surface area contributed by atoms with Gasteiger partial charge in [-0.15, -0.1) is 0 Å². The number of hydrogen-bond acceptors (Lipinski definition) is 2. The Hall–Kier alpha value is -2.04. The monoisotopic (exact) mass is 304 g/mol. The van der Waals surface area contributed by atoms with Gasteiger partial charge >= 0.3 is 0 Å². The van der Waals surface area contributed by atoms with Gasteiger partial charge in [0.25, 0.3) is 0 Å². The lowest BCUT2D eigenvalue weighted by Crippen LogP contribution is -2.42. The molecule has 0 fully saturated rings. The molecule has 3 N–H and O–H groups in total. The summed E-state index contributed by atoms with van der Waals surface area (Å²) >= 11 is 0. The normalized spacial score (nSPS) is 11.4. The molecule has 0 aliphatic rings. The zero-order chi connectivity index (χ0) is 16.4. The standard InChI is InChI=1S/C17H28N4O/c1-5-18-17(20-11-10-19-16(22)13(2)3)21-12-15-8-6-14(4)7-9-15/h6-9,13H,5,10-12H2,1-4H3,(H,19,22)(H2,18,20,21). The summed E-state index contributed by atoms with van der Waals surface area (Å²) in [4.78, 5) is 16.0. The van der Waals surface area contributed by atoms with E-state index in [0.717, 1.165) is 12.5 Å². The van der Waals surface area contributed by atoms with Crippen molar-refractivity contribution in [1.82, 2.24) is 16.0 Å². The molecule has 0 aliphatic heterocycles. The number of nitrogens with one attached hydrogen (secondary N) is 3. The van der Waals surface area contributed by atoms with Gasteiger partial charge in [0.1, 0.15) is 0 Å². The molecule has 0 spiro atoms. The van der Waals surface area contributed by atoms with Gasteiger partial charge < -0.3 is 16.0 Å². The molecule has 0 bridgehead atoms. The predicted molar refractivity (Wildman–Crippen MR) is 91.8 cm³/mol. The van der Waals surface area contributed by atoms with E-state index in [2.05, 4.69) is 52.1 Å². The van der Waals surface area contributed by atoms with Crippen LogP contribution in [-0.4, -0.2) is 31.5 Å². The Morgan fingerprint density at radius 3 is 2.32 bits per heavy atom. The number of guanidine groups is 1. The average Bonchev–Trinajstić information content (AvgIpc) is 2.50. The molecule has 0 heterocycles. The second kappa shape index (κ2) is 9.82. The third kappa shape index (κ3) is 7.11. The first kappa shape index (κ1) is 18.0. The Bertz CT molecular complexity index is 480. The Morgan fingerprint density at radius 2 is 1.73 bits per heavy atom. The highest BCUT2D eigenvalue weighted by Crippen LogP contribution is 2.04. The van der Waals surface area contributed by atoms with Crippen LogP contribution in [0.4, 0.5) is 0 Å². The van der Waals surface area contributed by atoms with Gasteiger partial charge in [-0.3, -0.25) is 4.79 Å². The summed E-state index contributed by atoms with van der Waals surface area (Å²) in [6, 6.07) is 8.36. The van der Waals surface area contributed by atoms with Gasteiger partial charge in [-0.2, -0.15) is 0 Å². The molecule has 0 radical (unpaired) electrons. The number of nitrogens with zero attached hydrogens (tertiary/aromatic N) is 1. The van der Waals surface area contributed by atoms with Gasteiger partial charge in [-0.05, 0) is 19.4 Å². The molecule has 1 amide bonds. The van der Waals surface area contributed by atoms with Gasteiger partial charge in [0.15, 0.2) is 5.96 Å². The van der Waals surface area contributed by atoms with Crippen LogP contribution in [0.15, 0.2) is 29.3 Å². The summed E-state index contributed by atoms with van der Waals surface area (Å²) in [5.41, 5.74) is 2.43. The van der Waals surface area contributed by atoms with E-state index >= 15 is 0 Å². The van der Waals surface area contributed by atoms with Crippen molar-refractivity contribution in [3.05, 3.63) is 35.4 Å². The lowest BCUT2D eigenvalue weighted by Gasteiger charge is -2.12. The van der Waals surface area contributed by atoms with Gasteiger partial charge in [-0.25, -0.2) is 4.99 Å². The van der Waals surface area contributed by atoms with Crippen LogP contribution >= 0.6 is 0 Å². The molecule has 0 saturated heterocycles. The molecular formula is C17H28N4O. The van der Waals surface area contributed by atoms with E-state index < -0.39 is 0 Å². The minimum absolute atomic E-state index is 0.0171. The Labute approximate surface area is 133 Å². The SMILES string of the molecule is CCNC(=NCc1ccc(C)cc1)NCCNC(=O)C(C)C. The molecule has 0 unspecified atom stereocenters. The van der Waals surface area contributed by atoms with Crippen molar-refractivity contribution in [2.24, 2.45) is 10.9 Å². The number of rotatable bonds is 7. The van der Waals surface area contributed by atoms with Crippen LogP contribution in [0, 0.1) is 12.8 Å². The van der Waals surface area contributed by atoms with Crippen LogP contribution in [0.5, 0.6) is 0 Å². The molecule has 0 atom stereocenters. The highest BCUT2D eigenvalue weighted by Gasteiger charge is 2.05. The van der Waals surface area contributed by atoms with Crippen molar-refractivity contribution < 1.29 is 4.79 Å². The maximum atomic E-state index is 11.5. The average molecular weight is 304 g/mol. The minimum atomic E-state index is 0.0171. The maximum Gasteiger partial charge on any atom is 0.222 e. The first-order valence-corrected chi connectivity index (χ1v) is 7.88. The van der Waals surface area contributed by atoms with Crippen molar-refractivity contribution in [2.45, 2.75) is 34.2 Å². The van der Waals surface area contributed by atoms with E-state index in [0.29, 0.717) is 19.6 Å². The minimum Gasteiger partial charge on any atom is -0.357 e. The third-order valence-corrected chi connectivity index (χ3v) is 3.13. The second-order valence-corrected chi connectivity index (χ2v) is 5.55. The van der Waals surface area contributed by atoms with Crippen LogP contribution in [0.2, 0.25) is 0 Å². The number of aliphatic imine (C=N–C) groups is 1. The number of hydrogen-bond donors (Lipinski definition) is 3. The molecule has 1 rings (SSSR count). The molecule has 1 aromatic carbocycles. The van der Waals surface area contributed by atoms with Gasteiger partial charge in [0, 0.05) is 25.6 Å². The van der Waals surface area contributed by atoms with Crippen molar-refractivity contribution in [3.8, 4) is 0 Å². The Balaban J connectivity index is 2.42. The highest BCUT2D eigenvalue weighted by molar-refractivity contribution is 5.80. The molecule has 22 heavy (non-hydrogen) atoms. The van der Waals surface area contributed by atoms with E-state index in [1.54, 1.807) is 0 Å². The number of amides is 1. The summed E-state index contributed by atoms with van der Waals surface area (Å²) in [7, 11) is 0. The van der Waals surface area contributed by atoms with E-state index in [1.165, 1.54) is 11.1 Å². The van der Waals surface area contributed by atoms with Crippen LogP contribution in [0.25, 0.3) is 0 Å². The molecule has 0 aliphatic carbocycles. The number of carbonyl (C=O) groups excluding carboxylic acids is 1. The van der Waals surface area contributed by atoms with Crippen LogP contribution in [-0.2, 0) is 11.3 Å². The van der Waals surface area contributed by atoms with Crippen LogP contribution in [0.3, 0.4) is 0 Å². The lowest BCUT2D eigenvalue weighted by atomic mass is 10.1. The van der Waals surface area contributed by atoms with Gasteiger partial charge in [0.05, 0.1) is 6.54 Å². The van der Waals surface area contributed by atoms with Crippen molar-refractivity contribution >= 4 is 11.9 Å². The van der Waals surface area contributed by atoms with E-state index in [-0.39, 0.29) is 11.8 Å². The maximum absolute atomic E-state index is 11.5. The molecule has 5 nitrogen and oxygen atoms in total. The number of benzene rings is 1. The van der Waals surface area contributed by atoms with Crippen molar-refractivity contribution in [3.63, 3.8) is 0 Å². The molecule has 0 aromatic heterocycles. The molecule has 1 aromatic rings. The zero-order valence-electron chi connectivity index (χ0n) is 14.1. The lowest BCUT2D eigenvalue weighted by molar-refractivity contribution is -0.123. The number of aryl methyl sites for hydroxylation is 1. The summed E-state index contributed by atoms with van der Waals surface area (Å²) in [6.45, 7) is 10.6. The van der Waals surface area contributed by atoms with Gasteiger partial charge in [-0.1, -0.05) is 43.7 Å². The van der Waals surface area contributed by atoms with Crippen LogP contribution in [0.1, 0.15) is 31.9 Å². The fourth-order valence-electron chi connectivity index (χ4n) is 1.78. The predicted octanol–water partition coefficient (Wildman–Crippen LogP) is 1.82. The topological polar surface area (TPSA) is 65.5 Å². The van der Waals surface area contributed by atoms with Crippen molar-refractivity contribution in [1.29, 1.82) is 0 Å². The highest BCUT2D eigenvalue weighted by atomic mass is 16.1. The summed E-state index contributed by atoms with van der Waals surface area (Å²) in [6.07, 6.45) is 0. The van der Waals surface area contributed by atoms with Crippen molar-refractivity contribution in [2.75, 3.05) is 19.6 Å². The van der Waals surface area contributed by atoms with E-state index in [4.69, 9.17) is 0 Å². The largest absolute Gasteiger partial charge is 0.357 e. The first-order valence-electron chi connectivity index (χ1n) is 7.88. The number of carbonyl (C=O) groups is 1. The molecule has 5 heteroatoms. The fraction of sp³-hybridized carbons (Fsp3) is 0.529. The summed E-state index contributed by atoms with van der Waals surface area (Å²) in [5.74, 6) is 0.855. The first-order chi connectivity index (χ1) is 10.5. The van der Waals surface area contributed by atoms with E-state index in [9.17, 15) is 4.79 Å². The Morgan fingerprint density at radius 1 is 1.09 bits per heavy atom. The summed E-state index contributed by atoms with van der Waals surface area (Å²) < 4.78 is 0. The van der Waals surface area contributed by atoms with Gasteiger partial charge in [0.2, 0.25) is 5.91 Å². The Kier molecular flexibility index (Phi) is 8.04. The molecular weight excluding hydrogens is 276 g/mol. The molecule has 122 valence electrons. The molecule has 0 saturated carbocycles. The van der Waals surface area contributed by atoms with Crippen LogP contribution < -0.4 is 16.0 Å². The fourth-order valence-corrected chi connectivity index (χ4v) is 1.78. The quantitative estimate of drug-likeness (QED) is 0.409. The zero-order valence-corrected chi connectivity index (χ0v) is 14.1. The summed E-state index contributed by atoms with van der Waals surface area (Å²) in [5, 5.41) is 9.30. The van der Waals surface area contributed by atoms with E-state index in [1.807, 2.05) is 20.8 Å². The third-order valence-electron chi connectivity index (χ3n) is 3.13.